The Kier molecular flexibility index (Phi) is 5.96. The second-order valence-corrected chi connectivity index (χ2v) is 7.86. The van der Waals surface area contributed by atoms with E-state index in [0.29, 0.717) is 30.6 Å². The highest BCUT2D eigenvalue weighted by molar-refractivity contribution is 5.76. The topological polar surface area (TPSA) is 95.6 Å². The van der Waals surface area contributed by atoms with Crippen molar-refractivity contribution >= 4 is 11.6 Å². The largest absolute Gasteiger partial charge is 0.379 e. The lowest BCUT2D eigenvalue weighted by Gasteiger charge is -2.40. The van der Waals surface area contributed by atoms with Crippen LogP contribution in [0.2, 0.25) is 0 Å². The molecule has 2 aromatic heterocycles. The molecule has 1 aliphatic heterocycles. The maximum absolute atomic E-state index is 12.4. The Hall–Kier alpha value is -2.50. The molecule has 8 heteroatoms. The van der Waals surface area contributed by atoms with Crippen molar-refractivity contribution in [1.29, 1.82) is 5.26 Å². The summed E-state index contributed by atoms with van der Waals surface area (Å²) in [5.41, 5.74) is 3.68. The molecule has 1 saturated heterocycles. The average Bonchev–Trinajstić information content (AvgIpc) is 3.10. The number of hydrogen-bond donors (Lipinski definition) is 1. The molecular formula is C20H28N6O2. The first-order chi connectivity index (χ1) is 13.3. The number of hydrogen-bond acceptors (Lipinski definition) is 6. The third-order valence-electron chi connectivity index (χ3n) is 5.52. The number of aromatic nitrogens is 3. The SMILES string of the molecule is Cc1nc2c(C#N)cnn2c(C)c1CCC(=O)NCC(C)(C)N1CCOCC1. The van der Waals surface area contributed by atoms with E-state index >= 15 is 0 Å². The number of nitrogens with zero attached hydrogens (tertiary/aromatic N) is 5. The van der Waals surface area contributed by atoms with Gasteiger partial charge in [-0.1, -0.05) is 0 Å². The van der Waals surface area contributed by atoms with E-state index in [2.05, 4.69) is 40.2 Å². The van der Waals surface area contributed by atoms with E-state index in [0.717, 1.165) is 43.3 Å². The monoisotopic (exact) mass is 384 g/mol. The van der Waals surface area contributed by atoms with Crippen molar-refractivity contribution in [2.75, 3.05) is 32.8 Å². The Balaban J connectivity index is 1.61. The van der Waals surface area contributed by atoms with Gasteiger partial charge in [0.05, 0.1) is 19.4 Å². The molecule has 1 fully saturated rings. The number of fused-ring (bicyclic) bond motifs is 1. The Morgan fingerprint density at radius 2 is 2.07 bits per heavy atom. The van der Waals surface area contributed by atoms with Gasteiger partial charge in [-0.2, -0.15) is 10.4 Å². The van der Waals surface area contributed by atoms with Gasteiger partial charge in [0.15, 0.2) is 5.65 Å². The highest BCUT2D eigenvalue weighted by Gasteiger charge is 2.28. The zero-order chi connectivity index (χ0) is 20.3. The molecule has 0 saturated carbocycles. The minimum absolute atomic E-state index is 0.0263. The van der Waals surface area contributed by atoms with Gasteiger partial charge in [0, 0.05) is 43.0 Å². The van der Waals surface area contributed by atoms with E-state index in [4.69, 9.17) is 10.00 Å². The molecule has 0 aliphatic carbocycles. The number of carbonyl (C=O) groups excluding carboxylic acids is 1. The van der Waals surface area contributed by atoms with Gasteiger partial charge in [0.2, 0.25) is 5.91 Å². The van der Waals surface area contributed by atoms with Crippen LogP contribution in [0.25, 0.3) is 5.65 Å². The van der Waals surface area contributed by atoms with Gasteiger partial charge >= 0.3 is 0 Å². The maximum Gasteiger partial charge on any atom is 0.220 e. The van der Waals surface area contributed by atoms with E-state index < -0.39 is 0 Å². The summed E-state index contributed by atoms with van der Waals surface area (Å²) in [6.07, 6.45) is 2.51. The van der Waals surface area contributed by atoms with Crippen LogP contribution in [-0.2, 0) is 16.0 Å². The summed E-state index contributed by atoms with van der Waals surface area (Å²) in [4.78, 5) is 19.3. The standard InChI is InChI=1S/C20H28N6O2/c1-14-17(15(2)26-19(24-14)16(11-21)12-23-26)5-6-18(27)22-13-20(3,4)25-7-9-28-10-8-25/h12H,5-10,13H2,1-4H3,(H,22,27). The lowest BCUT2D eigenvalue weighted by molar-refractivity contribution is -0.121. The highest BCUT2D eigenvalue weighted by atomic mass is 16.5. The molecule has 1 amide bonds. The van der Waals surface area contributed by atoms with E-state index in [-0.39, 0.29) is 11.4 Å². The molecule has 0 spiro atoms. The molecule has 28 heavy (non-hydrogen) atoms. The number of carbonyl (C=O) groups is 1. The normalized spacial score (nSPS) is 15.5. The van der Waals surface area contributed by atoms with E-state index in [1.807, 2.05) is 13.8 Å². The second-order valence-electron chi connectivity index (χ2n) is 7.86. The first-order valence-corrected chi connectivity index (χ1v) is 9.67. The van der Waals surface area contributed by atoms with E-state index in [9.17, 15) is 4.79 Å². The number of ether oxygens (including phenoxy) is 1. The molecule has 150 valence electrons. The van der Waals surface area contributed by atoms with E-state index in [1.54, 1.807) is 4.52 Å². The van der Waals surface area contributed by atoms with Gasteiger partial charge in [-0.25, -0.2) is 9.50 Å². The van der Waals surface area contributed by atoms with Crippen LogP contribution in [0, 0.1) is 25.2 Å². The third-order valence-corrected chi connectivity index (χ3v) is 5.52. The van der Waals surface area contributed by atoms with Crippen LogP contribution in [0.15, 0.2) is 6.20 Å². The molecule has 0 radical (unpaired) electrons. The first kappa shape index (κ1) is 20.2. The summed E-state index contributed by atoms with van der Waals surface area (Å²) in [5.74, 6) is 0.0263. The van der Waals surface area contributed by atoms with Crippen molar-refractivity contribution in [2.45, 2.75) is 46.1 Å². The molecular weight excluding hydrogens is 356 g/mol. The predicted octanol–water partition coefficient (Wildman–Crippen LogP) is 1.38. The number of nitriles is 1. The molecule has 0 aromatic carbocycles. The van der Waals surface area contributed by atoms with E-state index in [1.165, 1.54) is 6.20 Å². The summed E-state index contributed by atoms with van der Waals surface area (Å²) >= 11 is 0. The Bertz CT molecular complexity index is 906. The van der Waals surface area contributed by atoms with Crippen molar-refractivity contribution in [3.8, 4) is 6.07 Å². The molecule has 0 unspecified atom stereocenters. The van der Waals surface area contributed by atoms with Crippen LogP contribution >= 0.6 is 0 Å². The van der Waals surface area contributed by atoms with Crippen LogP contribution in [0.4, 0.5) is 0 Å². The fourth-order valence-corrected chi connectivity index (χ4v) is 3.67. The minimum atomic E-state index is -0.103. The fraction of sp³-hybridized carbons (Fsp3) is 0.600. The van der Waals surface area contributed by atoms with Crippen molar-refractivity contribution in [3.05, 3.63) is 28.7 Å². The quantitative estimate of drug-likeness (QED) is 0.808. The second kappa shape index (κ2) is 8.25. The van der Waals surface area contributed by atoms with Crippen molar-refractivity contribution in [3.63, 3.8) is 0 Å². The van der Waals surface area contributed by atoms with Crippen LogP contribution in [-0.4, -0.2) is 63.8 Å². The van der Waals surface area contributed by atoms with Crippen LogP contribution in [0.1, 0.15) is 42.8 Å². The summed E-state index contributed by atoms with van der Waals surface area (Å²) < 4.78 is 7.09. The summed E-state index contributed by atoms with van der Waals surface area (Å²) in [6.45, 7) is 12.0. The van der Waals surface area contributed by atoms with Crippen molar-refractivity contribution in [1.82, 2.24) is 24.8 Å². The number of aryl methyl sites for hydroxylation is 2. The zero-order valence-electron chi connectivity index (χ0n) is 17.1. The number of rotatable bonds is 6. The molecule has 2 aromatic rings. The van der Waals surface area contributed by atoms with Crippen molar-refractivity contribution in [2.24, 2.45) is 0 Å². The molecule has 1 N–H and O–H groups in total. The number of morpholine rings is 1. The van der Waals surface area contributed by atoms with Crippen molar-refractivity contribution < 1.29 is 9.53 Å². The summed E-state index contributed by atoms with van der Waals surface area (Å²) in [5, 5.41) is 16.5. The summed E-state index contributed by atoms with van der Waals surface area (Å²) in [7, 11) is 0. The lowest BCUT2D eigenvalue weighted by atomic mass is 10.0. The molecule has 1 aliphatic rings. The molecule has 8 nitrogen and oxygen atoms in total. The average molecular weight is 384 g/mol. The van der Waals surface area contributed by atoms with Gasteiger partial charge in [-0.05, 0) is 39.7 Å². The predicted molar refractivity (Wildman–Crippen MR) is 105 cm³/mol. The van der Waals surface area contributed by atoms with Gasteiger partial charge in [-0.3, -0.25) is 9.69 Å². The van der Waals surface area contributed by atoms with Crippen LogP contribution in [0.5, 0.6) is 0 Å². The molecule has 0 bridgehead atoms. The third kappa shape index (κ3) is 4.16. The smallest absolute Gasteiger partial charge is 0.220 e. The maximum atomic E-state index is 12.4. The summed E-state index contributed by atoms with van der Waals surface area (Å²) in [6, 6.07) is 2.11. The first-order valence-electron chi connectivity index (χ1n) is 9.67. The number of amides is 1. The Morgan fingerprint density at radius 3 is 2.75 bits per heavy atom. The Labute approximate surface area is 165 Å². The van der Waals surface area contributed by atoms with Gasteiger partial charge < -0.3 is 10.1 Å². The number of nitrogens with one attached hydrogen (secondary N) is 1. The Morgan fingerprint density at radius 1 is 1.36 bits per heavy atom. The van der Waals surface area contributed by atoms with Gasteiger partial charge in [-0.15, -0.1) is 0 Å². The molecule has 3 heterocycles. The minimum Gasteiger partial charge on any atom is -0.379 e. The van der Waals surface area contributed by atoms with Crippen LogP contribution in [0.3, 0.4) is 0 Å². The van der Waals surface area contributed by atoms with Gasteiger partial charge in [0.25, 0.3) is 0 Å². The van der Waals surface area contributed by atoms with Crippen LogP contribution < -0.4 is 5.32 Å². The molecule has 0 atom stereocenters. The fourth-order valence-electron chi connectivity index (χ4n) is 3.67. The highest BCUT2D eigenvalue weighted by Crippen LogP contribution is 2.19. The lowest BCUT2D eigenvalue weighted by Crippen LogP contribution is -2.55. The zero-order valence-corrected chi connectivity index (χ0v) is 17.1. The molecule has 3 rings (SSSR count). The van der Waals surface area contributed by atoms with Gasteiger partial charge in [0.1, 0.15) is 11.6 Å².